The fourth-order valence-electron chi connectivity index (χ4n) is 2.90. The van der Waals surface area contributed by atoms with E-state index in [4.69, 9.17) is 27.6 Å². The second kappa shape index (κ2) is 21.4. The lowest BCUT2D eigenvalue weighted by Gasteiger charge is -2.17. The van der Waals surface area contributed by atoms with Crippen LogP contribution in [0, 0.1) is 11.8 Å². The van der Waals surface area contributed by atoms with E-state index in [1.165, 1.54) is 0 Å². The fourth-order valence-corrected chi connectivity index (χ4v) is 4.61. The largest absolute Gasteiger partial charge is 0.472 e. The molecule has 37 heavy (non-hydrogen) atoms. The van der Waals surface area contributed by atoms with Gasteiger partial charge in [-0.3, -0.25) is 22.9 Å². The molecule has 0 heterocycles. The lowest BCUT2D eigenvalue weighted by atomic mass is 10.0. The molecule has 1 amide bonds. The topological polar surface area (TPSA) is 179 Å². The van der Waals surface area contributed by atoms with Crippen molar-refractivity contribution in [2.75, 3.05) is 59.4 Å². The molecule has 222 valence electrons. The van der Waals surface area contributed by atoms with Crippen LogP contribution in [-0.4, -0.2) is 86.3 Å². The van der Waals surface area contributed by atoms with Crippen molar-refractivity contribution in [3.05, 3.63) is 0 Å². The predicted molar refractivity (Wildman–Crippen MR) is 137 cm³/mol. The van der Waals surface area contributed by atoms with Gasteiger partial charge in [-0.1, -0.05) is 33.6 Å². The quantitative estimate of drug-likeness (QED) is 0.0919. The van der Waals surface area contributed by atoms with Crippen LogP contribution in [0.3, 0.4) is 0 Å². The maximum atomic E-state index is 12.0. The third kappa shape index (κ3) is 22.1. The minimum Gasteiger partial charge on any atom is -0.396 e. The molecular formula is C22H47NO12P2. The molecular weight excluding hydrogens is 532 g/mol. The average molecular weight is 580 g/mol. The van der Waals surface area contributed by atoms with Crippen molar-refractivity contribution in [3.63, 3.8) is 0 Å². The summed E-state index contributed by atoms with van der Waals surface area (Å²) >= 11 is 0. The fraction of sp³-hybridized carbons (Fsp3) is 0.955. The van der Waals surface area contributed by atoms with Crippen molar-refractivity contribution in [3.8, 4) is 0 Å². The molecule has 0 aliphatic heterocycles. The van der Waals surface area contributed by atoms with E-state index in [1.807, 2.05) is 20.8 Å². The van der Waals surface area contributed by atoms with Crippen molar-refractivity contribution in [1.82, 2.24) is 5.32 Å². The number of amides is 1. The molecule has 0 aromatic carbocycles. The minimum absolute atomic E-state index is 0.0135. The Kier molecular flexibility index (Phi) is 21.2. The molecule has 0 rings (SSSR count). The molecule has 15 heteroatoms. The van der Waals surface area contributed by atoms with E-state index >= 15 is 0 Å². The Labute approximate surface area is 220 Å². The third-order valence-corrected chi connectivity index (χ3v) is 7.06. The predicted octanol–water partition coefficient (Wildman–Crippen LogP) is 3.03. The second-order valence-electron chi connectivity index (χ2n) is 8.82. The number of unbranched alkanes of at least 4 members (excludes halogenated alkanes) is 1. The highest BCUT2D eigenvalue weighted by atomic mass is 31.2. The number of phosphoric ester groups is 2. The van der Waals surface area contributed by atoms with Gasteiger partial charge in [0.2, 0.25) is 5.91 Å². The van der Waals surface area contributed by atoms with E-state index < -0.39 is 15.6 Å². The van der Waals surface area contributed by atoms with E-state index in [0.717, 1.165) is 19.3 Å². The van der Waals surface area contributed by atoms with E-state index in [9.17, 15) is 28.8 Å². The number of ether oxygens (including phenoxy) is 2. The number of hydrogen-bond donors (Lipinski definition) is 4. The molecule has 0 saturated heterocycles. The summed E-state index contributed by atoms with van der Waals surface area (Å²) in [6.45, 7) is 7.60. The van der Waals surface area contributed by atoms with Crippen LogP contribution in [0.5, 0.6) is 0 Å². The minimum atomic E-state index is -4.29. The average Bonchev–Trinajstić information content (AvgIpc) is 2.81. The van der Waals surface area contributed by atoms with Crippen LogP contribution in [0.4, 0.5) is 0 Å². The number of hydrogen-bond acceptors (Lipinski definition) is 10. The number of phosphoric acid groups is 2. The molecule has 0 bridgehead atoms. The van der Waals surface area contributed by atoms with E-state index in [1.54, 1.807) is 6.92 Å². The highest BCUT2D eigenvalue weighted by Crippen LogP contribution is 2.45. The van der Waals surface area contributed by atoms with Gasteiger partial charge in [0.15, 0.2) is 0 Å². The van der Waals surface area contributed by atoms with Crippen molar-refractivity contribution >= 4 is 21.6 Å². The summed E-state index contributed by atoms with van der Waals surface area (Å²) in [5.74, 6) is -0.412. The molecule has 13 nitrogen and oxygen atoms in total. The summed E-state index contributed by atoms with van der Waals surface area (Å²) < 4.78 is 53.8. The summed E-state index contributed by atoms with van der Waals surface area (Å²) in [7, 11) is -8.40. The van der Waals surface area contributed by atoms with Crippen LogP contribution in [0.15, 0.2) is 0 Å². The third-order valence-electron chi connectivity index (χ3n) is 4.94. The SMILES string of the molecule is CCCC(C)OP(=O)(O)OCCOCCOCCOP(=O)(O)OCC(CO)CCCCNC(=O)C(C)C. The van der Waals surface area contributed by atoms with Gasteiger partial charge in [-0.25, -0.2) is 9.13 Å². The Hall–Kier alpha value is -0.430. The maximum absolute atomic E-state index is 12.0. The Morgan fingerprint density at radius 1 is 0.838 bits per heavy atom. The Morgan fingerprint density at radius 2 is 1.41 bits per heavy atom. The molecule has 4 N–H and O–H groups in total. The van der Waals surface area contributed by atoms with Gasteiger partial charge in [-0.2, -0.15) is 0 Å². The van der Waals surface area contributed by atoms with E-state index in [-0.39, 0.29) is 76.7 Å². The molecule has 0 saturated carbocycles. The summed E-state index contributed by atoms with van der Waals surface area (Å²) in [6, 6.07) is 0. The first kappa shape index (κ1) is 36.6. The number of carbonyl (C=O) groups is 1. The number of aliphatic hydroxyl groups is 1. The van der Waals surface area contributed by atoms with E-state index in [0.29, 0.717) is 19.4 Å². The smallest absolute Gasteiger partial charge is 0.396 e. The van der Waals surface area contributed by atoms with Gasteiger partial charge in [-0.05, 0) is 26.2 Å². The van der Waals surface area contributed by atoms with Crippen LogP contribution in [0.2, 0.25) is 0 Å². The Balaban J connectivity index is 3.80. The van der Waals surface area contributed by atoms with Crippen LogP contribution >= 0.6 is 15.6 Å². The van der Waals surface area contributed by atoms with Gasteiger partial charge in [0.05, 0.1) is 52.4 Å². The van der Waals surface area contributed by atoms with Crippen molar-refractivity contribution < 1.29 is 56.4 Å². The number of aliphatic hydroxyl groups excluding tert-OH is 1. The van der Waals surface area contributed by atoms with Gasteiger partial charge < -0.3 is 29.7 Å². The summed E-state index contributed by atoms with van der Waals surface area (Å²) in [5.41, 5.74) is 0. The molecule has 0 aliphatic carbocycles. The summed E-state index contributed by atoms with van der Waals surface area (Å²) in [4.78, 5) is 30.8. The first-order valence-electron chi connectivity index (χ1n) is 12.7. The number of nitrogens with one attached hydrogen (secondary N) is 1. The van der Waals surface area contributed by atoms with Crippen molar-refractivity contribution in [2.24, 2.45) is 11.8 Å². The maximum Gasteiger partial charge on any atom is 0.472 e. The number of rotatable bonds is 25. The van der Waals surface area contributed by atoms with Gasteiger partial charge in [0.1, 0.15) is 0 Å². The molecule has 0 aliphatic rings. The first-order valence-corrected chi connectivity index (χ1v) is 15.7. The first-order chi connectivity index (χ1) is 17.4. The number of carbonyl (C=O) groups excluding carboxylic acids is 1. The Bertz CT molecular complexity index is 682. The van der Waals surface area contributed by atoms with Gasteiger partial charge >= 0.3 is 15.6 Å². The van der Waals surface area contributed by atoms with Crippen molar-refractivity contribution in [1.29, 1.82) is 0 Å². The monoisotopic (exact) mass is 579 g/mol. The van der Waals surface area contributed by atoms with Gasteiger partial charge in [0, 0.05) is 25.0 Å². The molecule has 4 unspecified atom stereocenters. The molecule has 4 atom stereocenters. The van der Waals surface area contributed by atoms with Crippen LogP contribution in [0.25, 0.3) is 0 Å². The van der Waals surface area contributed by atoms with Crippen LogP contribution in [-0.2, 0) is 41.5 Å². The Morgan fingerprint density at radius 3 is 1.95 bits per heavy atom. The molecule has 0 spiro atoms. The van der Waals surface area contributed by atoms with Crippen LogP contribution in [0.1, 0.15) is 59.8 Å². The van der Waals surface area contributed by atoms with Gasteiger partial charge in [0.25, 0.3) is 0 Å². The standard InChI is InChI=1S/C22H47NO12P2/c1-5-8-20(4)35-37(28,29)33-16-14-31-12-11-30-13-15-32-36(26,27)34-18-21(17-24)9-6-7-10-23-22(25)19(2)3/h19-21,24H,5-18H2,1-4H3,(H,23,25)(H,26,27)(H,28,29). The van der Waals surface area contributed by atoms with Crippen molar-refractivity contribution in [2.45, 2.75) is 65.9 Å². The highest BCUT2D eigenvalue weighted by Gasteiger charge is 2.24. The lowest BCUT2D eigenvalue weighted by molar-refractivity contribution is -0.123. The van der Waals surface area contributed by atoms with Gasteiger partial charge in [-0.15, -0.1) is 0 Å². The zero-order chi connectivity index (χ0) is 28.2. The second-order valence-corrected chi connectivity index (χ2v) is 11.7. The van der Waals surface area contributed by atoms with Crippen LogP contribution < -0.4 is 5.32 Å². The lowest BCUT2D eigenvalue weighted by Crippen LogP contribution is -2.28. The van der Waals surface area contributed by atoms with E-state index in [2.05, 4.69) is 5.32 Å². The molecule has 0 aromatic rings. The normalized spacial score (nSPS) is 16.8. The molecule has 0 aromatic heterocycles. The zero-order valence-corrected chi connectivity index (χ0v) is 24.3. The molecule has 0 radical (unpaired) electrons. The summed E-state index contributed by atoms with van der Waals surface area (Å²) in [6.07, 6.45) is 3.11. The summed E-state index contributed by atoms with van der Waals surface area (Å²) in [5, 5.41) is 12.3. The zero-order valence-electron chi connectivity index (χ0n) is 22.5. The highest BCUT2D eigenvalue weighted by molar-refractivity contribution is 7.47. The molecule has 0 fully saturated rings.